The molecule has 5 nitrogen and oxygen atoms in total. The maximum atomic E-state index is 13.4. The SMILES string of the molecule is O=C(CNc1ccc(F)cc1F)Nc1ccc2c(c1)OC(F)(F)O2. The molecule has 24 heavy (non-hydrogen) atoms. The molecule has 2 aromatic carbocycles. The van der Waals surface area contributed by atoms with Crippen LogP contribution in [0.3, 0.4) is 0 Å². The maximum absolute atomic E-state index is 13.4. The third-order valence-corrected chi connectivity index (χ3v) is 3.06. The van der Waals surface area contributed by atoms with Crippen LogP contribution >= 0.6 is 0 Å². The van der Waals surface area contributed by atoms with Gasteiger partial charge in [0.25, 0.3) is 0 Å². The summed E-state index contributed by atoms with van der Waals surface area (Å²) < 4.78 is 60.5. The van der Waals surface area contributed by atoms with Crippen molar-refractivity contribution in [2.45, 2.75) is 6.29 Å². The first kappa shape index (κ1) is 15.9. The van der Waals surface area contributed by atoms with Crippen LogP contribution in [0.1, 0.15) is 0 Å². The number of alkyl halides is 2. The van der Waals surface area contributed by atoms with Crippen molar-refractivity contribution in [1.82, 2.24) is 0 Å². The summed E-state index contributed by atoms with van der Waals surface area (Å²) in [7, 11) is 0. The predicted molar refractivity (Wildman–Crippen MR) is 76.1 cm³/mol. The molecule has 0 bridgehead atoms. The molecular formula is C15H10F4N2O3. The number of anilines is 2. The van der Waals surface area contributed by atoms with Gasteiger partial charge in [0.15, 0.2) is 11.5 Å². The molecule has 2 N–H and O–H groups in total. The average molecular weight is 342 g/mol. The molecule has 1 amide bonds. The normalized spacial score (nSPS) is 14.3. The molecule has 3 rings (SSSR count). The Kier molecular flexibility index (Phi) is 3.92. The highest BCUT2D eigenvalue weighted by Gasteiger charge is 2.43. The van der Waals surface area contributed by atoms with Gasteiger partial charge >= 0.3 is 6.29 Å². The number of ether oxygens (including phenoxy) is 2. The highest BCUT2D eigenvalue weighted by Crippen LogP contribution is 2.42. The fraction of sp³-hybridized carbons (Fsp3) is 0.133. The van der Waals surface area contributed by atoms with Crippen molar-refractivity contribution in [3.8, 4) is 11.5 Å². The van der Waals surface area contributed by atoms with E-state index < -0.39 is 23.8 Å². The van der Waals surface area contributed by atoms with Crippen LogP contribution in [-0.4, -0.2) is 18.7 Å². The monoisotopic (exact) mass is 342 g/mol. The molecule has 0 saturated heterocycles. The number of halogens is 4. The lowest BCUT2D eigenvalue weighted by Gasteiger charge is -2.09. The third-order valence-electron chi connectivity index (χ3n) is 3.06. The van der Waals surface area contributed by atoms with Gasteiger partial charge in [0, 0.05) is 17.8 Å². The van der Waals surface area contributed by atoms with E-state index in [0.29, 0.717) is 6.07 Å². The summed E-state index contributed by atoms with van der Waals surface area (Å²) in [5.74, 6) is -2.50. The maximum Gasteiger partial charge on any atom is 0.586 e. The van der Waals surface area contributed by atoms with E-state index >= 15 is 0 Å². The van der Waals surface area contributed by atoms with Crippen LogP contribution in [-0.2, 0) is 4.79 Å². The van der Waals surface area contributed by atoms with Gasteiger partial charge < -0.3 is 20.1 Å². The standard InChI is InChI=1S/C15H10F4N2O3/c16-8-1-3-11(10(17)5-8)20-7-14(22)21-9-2-4-12-13(6-9)24-15(18,19)23-12/h1-6,20H,7H2,(H,21,22). The number of rotatable bonds is 4. The van der Waals surface area contributed by atoms with Gasteiger partial charge in [-0.25, -0.2) is 8.78 Å². The van der Waals surface area contributed by atoms with Crippen molar-refractivity contribution >= 4 is 17.3 Å². The van der Waals surface area contributed by atoms with Gasteiger partial charge in [-0.1, -0.05) is 0 Å². The van der Waals surface area contributed by atoms with E-state index in [1.54, 1.807) is 0 Å². The number of hydrogen-bond acceptors (Lipinski definition) is 4. The number of nitrogens with one attached hydrogen (secondary N) is 2. The zero-order chi connectivity index (χ0) is 17.3. The van der Waals surface area contributed by atoms with Gasteiger partial charge in [-0.15, -0.1) is 8.78 Å². The summed E-state index contributed by atoms with van der Waals surface area (Å²) in [4.78, 5) is 11.8. The van der Waals surface area contributed by atoms with Gasteiger partial charge in [0.1, 0.15) is 11.6 Å². The number of carbonyl (C=O) groups excluding carboxylic acids is 1. The van der Waals surface area contributed by atoms with Crippen LogP contribution in [0, 0.1) is 11.6 Å². The number of fused-ring (bicyclic) bond motifs is 1. The molecular weight excluding hydrogens is 332 g/mol. The first-order valence-corrected chi connectivity index (χ1v) is 6.71. The van der Waals surface area contributed by atoms with Gasteiger partial charge in [-0.05, 0) is 24.3 Å². The van der Waals surface area contributed by atoms with Crippen molar-refractivity contribution in [2.24, 2.45) is 0 Å². The summed E-state index contributed by atoms with van der Waals surface area (Å²) in [6.45, 7) is -0.312. The van der Waals surface area contributed by atoms with E-state index in [0.717, 1.165) is 12.1 Å². The third kappa shape index (κ3) is 3.50. The van der Waals surface area contributed by atoms with Crippen LogP contribution in [0.25, 0.3) is 0 Å². The first-order chi connectivity index (χ1) is 11.3. The number of amides is 1. The second-order valence-electron chi connectivity index (χ2n) is 4.85. The molecule has 0 aromatic heterocycles. The van der Waals surface area contributed by atoms with Gasteiger partial charge in [0.05, 0.1) is 12.2 Å². The Labute approximate surface area is 133 Å². The largest absolute Gasteiger partial charge is 0.586 e. The minimum atomic E-state index is -3.74. The molecule has 0 fully saturated rings. The van der Waals surface area contributed by atoms with Crippen molar-refractivity contribution in [3.05, 3.63) is 48.0 Å². The molecule has 0 saturated carbocycles. The van der Waals surface area contributed by atoms with E-state index in [9.17, 15) is 22.4 Å². The minimum Gasteiger partial charge on any atom is -0.395 e. The Hall–Kier alpha value is -2.97. The molecule has 2 aromatic rings. The first-order valence-electron chi connectivity index (χ1n) is 6.71. The summed E-state index contributed by atoms with van der Waals surface area (Å²) in [5.41, 5.74) is 0.151. The Bertz CT molecular complexity index is 798. The summed E-state index contributed by atoms with van der Waals surface area (Å²) in [5, 5.41) is 4.92. The zero-order valence-electron chi connectivity index (χ0n) is 11.9. The fourth-order valence-electron chi connectivity index (χ4n) is 2.04. The molecule has 1 heterocycles. The molecule has 1 aliphatic rings. The second-order valence-corrected chi connectivity index (χ2v) is 4.85. The number of carbonyl (C=O) groups is 1. The lowest BCUT2D eigenvalue weighted by Crippen LogP contribution is -2.26. The van der Waals surface area contributed by atoms with Gasteiger partial charge in [0.2, 0.25) is 5.91 Å². The van der Waals surface area contributed by atoms with Crippen molar-refractivity contribution in [2.75, 3.05) is 17.2 Å². The highest BCUT2D eigenvalue weighted by atomic mass is 19.3. The molecule has 1 aliphatic heterocycles. The van der Waals surface area contributed by atoms with Crippen molar-refractivity contribution in [3.63, 3.8) is 0 Å². The molecule has 0 unspecified atom stereocenters. The summed E-state index contributed by atoms with van der Waals surface area (Å²) in [6, 6.07) is 6.62. The van der Waals surface area contributed by atoms with E-state index in [4.69, 9.17) is 0 Å². The van der Waals surface area contributed by atoms with Crippen LogP contribution < -0.4 is 20.1 Å². The molecule has 0 radical (unpaired) electrons. The summed E-state index contributed by atoms with van der Waals surface area (Å²) in [6.07, 6.45) is -3.74. The predicted octanol–water partition coefficient (Wildman–Crippen LogP) is 3.34. The highest BCUT2D eigenvalue weighted by molar-refractivity contribution is 5.94. The lowest BCUT2D eigenvalue weighted by atomic mass is 10.2. The van der Waals surface area contributed by atoms with Crippen LogP contribution in [0.15, 0.2) is 36.4 Å². The zero-order valence-corrected chi connectivity index (χ0v) is 11.9. The molecule has 0 atom stereocenters. The van der Waals surface area contributed by atoms with Gasteiger partial charge in [-0.3, -0.25) is 4.79 Å². The van der Waals surface area contributed by atoms with Crippen LogP contribution in [0.5, 0.6) is 11.5 Å². The van der Waals surface area contributed by atoms with Gasteiger partial charge in [-0.2, -0.15) is 0 Å². The van der Waals surface area contributed by atoms with Crippen molar-refractivity contribution < 1.29 is 31.8 Å². The molecule has 0 aliphatic carbocycles. The smallest absolute Gasteiger partial charge is 0.395 e. The molecule has 0 spiro atoms. The Morgan fingerprint density at radius 3 is 2.54 bits per heavy atom. The van der Waals surface area contributed by atoms with Crippen LogP contribution in [0.4, 0.5) is 28.9 Å². The Morgan fingerprint density at radius 2 is 1.79 bits per heavy atom. The topological polar surface area (TPSA) is 59.6 Å². The van der Waals surface area contributed by atoms with E-state index in [1.165, 1.54) is 18.2 Å². The second kappa shape index (κ2) is 5.91. The van der Waals surface area contributed by atoms with E-state index in [2.05, 4.69) is 20.1 Å². The molecule has 126 valence electrons. The Balaban J connectivity index is 1.60. The van der Waals surface area contributed by atoms with Crippen molar-refractivity contribution in [1.29, 1.82) is 0 Å². The fourth-order valence-corrected chi connectivity index (χ4v) is 2.04. The van der Waals surface area contributed by atoms with E-state index in [-0.39, 0.29) is 29.4 Å². The summed E-state index contributed by atoms with van der Waals surface area (Å²) >= 11 is 0. The number of benzene rings is 2. The quantitative estimate of drug-likeness (QED) is 0.837. The van der Waals surface area contributed by atoms with Crippen LogP contribution in [0.2, 0.25) is 0 Å². The Morgan fingerprint density at radius 1 is 1.04 bits per heavy atom. The number of hydrogen-bond donors (Lipinski definition) is 2. The van der Waals surface area contributed by atoms with E-state index in [1.807, 2.05) is 0 Å². The average Bonchev–Trinajstić information content (AvgIpc) is 2.79. The lowest BCUT2D eigenvalue weighted by molar-refractivity contribution is -0.286. The molecule has 9 heteroatoms. The minimum absolute atomic E-state index is 0.0446.